The van der Waals surface area contributed by atoms with Gasteiger partial charge in [0.25, 0.3) is 5.56 Å². The highest BCUT2D eigenvalue weighted by atomic mass is 32.1. The van der Waals surface area contributed by atoms with E-state index in [1.54, 1.807) is 10.8 Å². The maximum Gasteiger partial charge on any atom is 0.329 e. The maximum atomic E-state index is 13.0. The zero-order valence-corrected chi connectivity index (χ0v) is 18.8. The number of hydrogen-bond donors (Lipinski definition) is 2. The summed E-state index contributed by atoms with van der Waals surface area (Å²) in [7, 11) is 0. The summed E-state index contributed by atoms with van der Waals surface area (Å²) in [5.74, 6) is 0. The molecule has 2 N–H and O–H groups in total. The van der Waals surface area contributed by atoms with Crippen molar-refractivity contribution in [2.75, 3.05) is 19.7 Å². The molecule has 1 aliphatic heterocycles. The van der Waals surface area contributed by atoms with Crippen LogP contribution in [0.25, 0.3) is 33.2 Å². The molecule has 1 fully saturated rings. The Morgan fingerprint density at radius 1 is 1.15 bits per heavy atom. The number of aliphatic hydroxyl groups is 1. The minimum Gasteiger partial charge on any atom is -0.389 e. The lowest BCUT2D eigenvalue weighted by molar-refractivity contribution is 0.251. The number of likely N-dealkylation sites (tertiary alicyclic amines) is 1. The Hall–Kier alpha value is -3.50. The van der Waals surface area contributed by atoms with Gasteiger partial charge in [-0.15, -0.1) is 0 Å². The molecule has 0 atom stereocenters. The second kappa shape index (κ2) is 8.45. The lowest BCUT2D eigenvalue weighted by Gasteiger charge is -2.34. The van der Waals surface area contributed by atoms with Gasteiger partial charge in [-0.2, -0.15) is 0 Å². The van der Waals surface area contributed by atoms with Crippen LogP contribution in [0, 0.1) is 6.92 Å². The number of aromatic nitrogens is 5. The molecular weight excluding hydrogens is 440 g/mol. The van der Waals surface area contributed by atoms with Crippen molar-refractivity contribution in [1.82, 2.24) is 29.4 Å². The van der Waals surface area contributed by atoms with Gasteiger partial charge in [0.15, 0.2) is 0 Å². The van der Waals surface area contributed by atoms with E-state index in [0.29, 0.717) is 58.5 Å². The summed E-state index contributed by atoms with van der Waals surface area (Å²) in [6, 6.07) is 7.40. The summed E-state index contributed by atoms with van der Waals surface area (Å²) in [6.45, 7) is 2.98. The fourth-order valence-electron chi connectivity index (χ4n) is 4.39. The molecular formula is C23H22N6O3S. The van der Waals surface area contributed by atoms with Crippen molar-refractivity contribution in [2.45, 2.75) is 25.8 Å². The Kier molecular flexibility index (Phi) is 5.47. The molecule has 0 saturated carbocycles. The van der Waals surface area contributed by atoms with Crippen LogP contribution in [0.4, 0.5) is 0 Å². The summed E-state index contributed by atoms with van der Waals surface area (Å²) in [4.78, 5) is 44.1. The highest BCUT2D eigenvalue weighted by molar-refractivity contribution is 7.80. The van der Waals surface area contributed by atoms with Gasteiger partial charge in [-0.3, -0.25) is 24.3 Å². The summed E-state index contributed by atoms with van der Waals surface area (Å²) in [5.41, 5.74) is 3.07. The molecule has 9 nitrogen and oxygen atoms in total. The van der Waals surface area contributed by atoms with E-state index in [1.165, 1.54) is 6.20 Å². The number of hydrogen-bond acceptors (Lipinski definition) is 7. The van der Waals surface area contributed by atoms with Crippen molar-refractivity contribution in [2.24, 2.45) is 0 Å². The van der Waals surface area contributed by atoms with Crippen molar-refractivity contribution in [3.05, 3.63) is 63.2 Å². The van der Waals surface area contributed by atoms with Crippen LogP contribution in [0.3, 0.4) is 0 Å². The molecule has 1 aliphatic rings. The number of H-pyrrole nitrogens is 1. The Balaban J connectivity index is 1.69. The highest BCUT2D eigenvalue weighted by Gasteiger charge is 2.25. The standard InChI is InChI=1S/C23H22N6O3S/c1-13-2-3-14(10-24-13)17-4-5-18-20(26-17)21-16(11-25-18)22(31)27-23(32)29(21)15-6-8-28(9-7-15)19(33)12-30/h2-5,10-11,15,30H,6-9,12H2,1H3,(H,27,31,32). The maximum absolute atomic E-state index is 13.0. The number of fused-ring (bicyclic) bond motifs is 3. The molecule has 0 bridgehead atoms. The van der Waals surface area contributed by atoms with Crippen LogP contribution in [0.15, 0.2) is 46.2 Å². The van der Waals surface area contributed by atoms with Crippen molar-refractivity contribution in [1.29, 1.82) is 0 Å². The third-order valence-electron chi connectivity index (χ3n) is 6.14. The molecule has 1 saturated heterocycles. The van der Waals surface area contributed by atoms with Crippen LogP contribution in [0.5, 0.6) is 0 Å². The van der Waals surface area contributed by atoms with Crippen LogP contribution in [0.2, 0.25) is 0 Å². The van der Waals surface area contributed by atoms with E-state index in [9.17, 15) is 14.7 Å². The Bertz CT molecular complexity index is 1490. The quantitative estimate of drug-likeness (QED) is 0.351. The van der Waals surface area contributed by atoms with Crippen LogP contribution in [-0.4, -0.2) is 59.2 Å². The number of nitrogens with zero attached hydrogens (tertiary/aromatic N) is 5. The predicted octanol–water partition coefficient (Wildman–Crippen LogP) is 1.96. The molecule has 0 aromatic carbocycles. The molecule has 0 amide bonds. The van der Waals surface area contributed by atoms with Gasteiger partial charge < -0.3 is 10.0 Å². The average Bonchev–Trinajstić information content (AvgIpc) is 2.84. The molecule has 0 spiro atoms. The number of aromatic amines is 1. The first-order valence-electron chi connectivity index (χ1n) is 10.7. The number of nitrogens with one attached hydrogen (secondary N) is 1. The van der Waals surface area contributed by atoms with Crippen LogP contribution in [0.1, 0.15) is 24.6 Å². The lowest BCUT2D eigenvalue weighted by atomic mass is 10.0. The molecule has 33 heavy (non-hydrogen) atoms. The molecule has 5 rings (SSSR count). The number of piperidine rings is 1. The van der Waals surface area contributed by atoms with Gasteiger partial charge in [0, 0.05) is 42.8 Å². The Morgan fingerprint density at radius 3 is 2.64 bits per heavy atom. The summed E-state index contributed by atoms with van der Waals surface area (Å²) < 4.78 is 1.64. The Morgan fingerprint density at radius 2 is 1.94 bits per heavy atom. The zero-order chi connectivity index (χ0) is 23.1. The van der Waals surface area contributed by atoms with Crippen LogP contribution < -0.4 is 11.2 Å². The van der Waals surface area contributed by atoms with E-state index in [2.05, 4.69) is 15.0 Å². The minimum absolute atomic E-state index is 0.147. The van der Waals surface area contributed by atoms with E-state index >= 15 is 0 Å². The van der Waals surface area contributed by atoms with Crippen molar-refractivity contribution < 1.29 is 5.11 Å². The van der Waals surface area contributed by atoms with Crippen molar-refractivity contribution >= 4 is 39.1 Å². The third-order valence-corrected chi connectivity index (χ3v) is 6.52. The lowest BCUT2D eigenvalue weighted by Crippen LogP contribution is -2.42. The second-order valence-corrected chi connectivity index (χ2v) is 8.64. The molecule has 4 aromatic heterocycles. The van der Waals surface area contributed by atoms with Gasteiger partial charge in [-0.1, -0.05) is 12.2 Å². The first-order valence-corrected chi connectivity index (χ1v) is 11.1. The van der Waals surface area contributed by atoms with Gasteiger partial charge in [0.05, 0.1) is 28.7 Å². The predicted molar refractivity (Wildman–Crippen MR) is 129 cm³/mol. The van der Waals surface area contributed by atoms with Gasteiger partial charge in [0.1, 0.15) is 10.5 Å². The minimum atomic E-state index is -0.483. The van der Waals surface area contributed by atoms with Gasteiger partial charge in [0.2, 0.25) is 0 Å². The van der Waals surface area contributed by atoms with Gasteiger partial charge in [-0.25, -0.2) is 9.78 Å². The second-order valence-electron chi connectivity index (χ2n) is 8.17. The monoisotopic (exact) mass is 462 g/mol. The fraction of sp³-hybridized carbons (Fsp3) is 0.304. The average molecular weight is 463 g/mol. The van der Waals surface area contributed by atoms with E-state index in [0.717, 1.165) is 11.3 Å². The van der Waals surface area contributed by atoms with E-state index in [-0.39, 0.29) is 12.6 Å². The molecule has 4 aromatic rings. The molecule has 0 aliphatic carbocycles. The van der Waals surface area contributed by atoms with E-state index < -0.39 is 11.2 Å². The molecule has 10 heteroatoms. The number of pyridine rings is 3. The van der Waals surface area contributed by atoms with Crippen molar-refractivity contribution in [3.63, 3.8) is 0 Å². The summed E-state index contributed by atoms with van der Waals surface area (Å²) in [5, 5.41) is 9.66. The number of rotatable bonds is 3. The van der Waals surface area contributed by atoms with Gasteiger partial charge >= 0.3 is 5.69 Å². The highest BCUT2D eigenvalue weighted by Crippen LogP contribution is 2.28. The summed E-state index contributed by atoms with van der Waals surface area (Å²) in [6.07, 6.45) is 4.54. The number of aryl methyl sites for hydroxylation is 1. The molecule has 0 unspecified atom stereocenters. The van der Waals surface area contributed by atoms with Crippen LogP contribution >= 0.6 is 12.2 Å². The van der Waals surface area contributed by atoms with Crippen molar-refractivity contribution in [3.8, 4) is 11.3 Å². The Labute approximate surface area is 193 Å². The largest absolute Gasteiger partial charge is 0.389 e. The normalized spacial score (nSPS) is 14.8. The first-order chi connectivity index (χ1) is 16.0. The SMILES string of the molecule is Cc1ccc(-c2ccc3ncc4c(=O)[nH]c(=O)n(C5CCN(C(=S)CO)CC5)c4c3n2)cn1. The molecule has 0 radical (unpaired) electrons. The van der Waals surface area contributed by atoms with E-state index in [1.807, 2.05) is 36.1 Å². The van der Waals surface area contributed by atoms with E-state index in [4.69, 9.17) is 17.2 Å². The molecule has 168 valence electrons. The number of aliphatic hydroxyl groups excluding tert-OH is 1. The first kappa shape index (κ1) is 21.4. The topological polar surface area (TPSA) is 117 Å². The zero-order valence-electron chi connectivity index (χ0n) is 18.0. The smallest absolute Gasteiger partial charge is 0.329 e. The molecule has 5 heterocycles. The fourth-order valence-corrected chi connectivity index (χ4v) is 4.57. The number of thiocarbonyl (C=S) groups is 1. The van der Waals surface area contributed by atoms with Gasteiger partial charge in [-0.05, 0) is 44.0 Å². The third kappa shape index (κ3) is 3.81. The van der Waals surface area contributed by atoms with Crippen LogP contribution in [-0.2, 0) is 0 Å². The summed E-state index contributed by atoms with van der Waals surface area (Å²) >= 11 is 5.22.